The van der Waals surface area contributed by atoms with Crippen LogP contribution in [0.3, 0.4) is 0 Å². The van der Waals surface area contributed by atoms with E-state index in [9.17, 15) is 14.7 Å². The van der Waals surface area contributed by atoms with E-state index in [0.29, 0.717) is 18.6 Å². The second-order valence-electron chi connectivity index (χ2n) is 10.3. The normalized spacial score (nSPS) is 21.1. The standard InChI is InChI=1S/C27H33NO4/c1-26(2,3)25(30)32-22-11-12-23-19(17-22)9-10-20(24(23)29)18-28-15-13-27(31,14-16-28)21-7-5-4-6-8-21/h4-8,11-12,17,20,31H,9-10,13-16,18H2,1-3H3. The van der Waals surface area contributed by atoms with E-state index < -0.39 is 11.0 Å². The fourth-order valence-electron chi connectivity index (χ4n) is 4.65. The molecule has 1 atom stereocenters. The Balaban J connectivity index is 1.37. The van der Waals surface area contributed by atoms with Gasteiger partial charge in [0.05, 0.1) is 11.0 Å². The summed E-state index contributed by atoms with van der Waals surface area (Å²) in [6, 6.07) is 15.2. The molecule has 1 saturated heterocycles. The molecule has 5 heteroatoms. The van der Waals surface area contributed by atoms with E-state index >= 15 is 0 Å². The monoisotopic (exact) mass is 435 g/mol. The molecule has 2 aromatic rings. The first kappa shape index (κ1) is 22.7. The molecule has 1 aliphatic heterocycles. The number of benzene rings is 2. The molecule has 2 aliphatic rings. The van der Waals surface area contributed by atoms with Crippen molar-refractivity contribution in [2.75, 3.05) is 19.6 Å². The molecule has 32 heavy (non-hydrogen) atoms. The number of aliphatic hydroxyl groups is 1. The number of hydrogen-bond acceptors (Lipinski definition) is 5. The molecule has 1 N–H and O–H groups in total. The maximum atomic E-state index is 13.1. The third kappa shape index (κ3) is 4.79. The number of rotatable bonds is 4. The molecule has 0 saturated carbocycles. The zero-order chi connectivity index (χ0) is 22.9. The van der Waals surface area contributed by atoms with Crippen molar-refractivity contribution < 1.29 is 19.4 Å². The summed E-state index contributed by atoms with van der Waals surface area (Å²) >= 11 is 0. The van der Waals surface area contributed by atoms with Crippen LogP contribution in [0, 0.1) is 11.3 Å². The number of esters is 1. The number of likely N-dealkylation sites (tertiary alicyclic amines) is 1. The number of ether oxygens (including phenoxy) is 1. The van der Waals surface area contributed by atoms with Gasteiger partial charge in [-0.1, -0.05) is 30.3 Å². The number of nitrogens with zero attached hydrogens (tertiary/aromatic N) is 1. The number of Topliss-reactive ketones (excluding diaryl/α,β-unsaturated/α-hetero) is 1. The predicted molar refractivity (Wildman–Crippen MR) is 124 cm³/mol. The largest absolute Gasteiger partial charge is 0.426 e. The third-order valence-electron chi connectivity index (χ3n) is 6.77. The Morgan fingerprint density at radius 3 is 2.47 bits per heavy atom. The second-order valence-corrected chi connectivity index (χ2v) is 10.3. The van der Waals surface area contributed by atoms with Gasteiger partial charge in [0.1, 0.15) is 5.75 Å². The first-order valence-electron chi connectivity index (χ1n) is 11.6. The van der Waals surface area contributed by atoms with Gasteiger partial charge in [0.25, 0.3) is 0 Å². The summed E-state index contributed by atoms with van der Waals surface area (Å²) < 4.78 is 5.50. The van der Waals surface area contributed by atoms with Gasteiger partial charge in [-0.25, -0.2) is 0 Å². The van der Waals surface area contributed by atoms with Crippen molar-refractivity contribution in [1.82, 2.24) is 4.90 Å². The second kappa shape index (κ2) is 8.80. The third-order valence-corrected chi connectivity index (χ3v) is 6.77. The molecule has 0 radical (unpaired) electrons. The summed E-state index contributed by atoms with van der Waals surface area (Å²) in [5, 5.41) is 11.1. The quantitative estimate of drug-likeness (QED) is 0.571. The molecule has 0 aromatic heterocycles. The van der Waals surface area contributed by atoms with Gasteiger partial charge in [-0.15, -0.1) is 0 Å². The van der Waals surface area contributed by atoms with E-state index in [4.69, 9.17) is 4.74 Å². The molecule has 5 nitrogen and oxygen atoms in total. The fourth-order valence-corrected chi connectivity index (χ4v) is 4.65. The minimum Gasteiger partial charge on any atom is -0.426 e. The Kier molecular flexibility index (Phi) is 6.24. The van der Waals surface area contributed by atoms with Crippen LogP contribution in [0.5, 0.6) is 5.75 Å². The van der Waals surface area contributed by atoms with Gasteiger partial charge in [0, 0.05) is 31.1 Å². The van der Waals surface area contributed by atoms with Crippen LogP contribution in [-0.4, -0.2) is 41.4 Å². The number of ketones is 1. The van der Waals surface area contributed by atoms with Gasteiger partial charge in [-0.3, -0.25) is 9.59 Å². The average Bonchev–Trinajstić information content (AvgIpc) is 2.77. The summed E-state index contributed by atoms with van der Waals surface area (Å²) in [5.74, 6) is 0.362. The number of hydrogen-bond donors (Lipinski definition) is 1. The molecular formula is C27H33NO4. The highest BCUT2D eigenvalue weighted by atomic mass is 16.5. The van der Waals surface area contributed by atoms with Gasteiger partial charge < -0.3 is 14.7 Å². The number of fused-ring (bicyclic) bond motifs is 1. The summed E-state index contributed by atoms with van der Waals surface area (Å²) in [5.41, 5.74) is 1.34. The topological polar surface area (TPSA) is 66.8 Å². The predicted octanol–water partition coefficient (Wildman–Crippen LogP) is 4.37. The molecule has 170 valence electrons. The van der Waals surface area contributed by atoms with E-state index in [1.807, 2.05) is 57.2 Å². The molecule has 0 bridgehead atoms. The van der Waals surface area contributed by atoms with Crippen molar-refractivity contribution in [3.8, 4) is 5.75 Å². The minimum atomic E-state index is -0.776. The highest BCUT2D eigenvalue weighted by Gasteiger charge is 2.36. The number of aryl methyl sites for hydroxylation is 1. The van der Waals surface area contributed by atoms with Crippen LogP contribution in [-0.2, 0) is 16.8 Å². The molecule has 1 heterocycles. The molecule has 2 aromatic carbocycles. The van der Waals surface area contributed by atoms with Gasteiger partial charge in [0.15, 0.2) is 5.78 Å². The first-order valence-corrected chi connectivity index (χ1v) is 11.6. The van der Waals surface area contributed by atoms with Crippen molar-refractivity contribution in [1.29, 1.82) is 0 Å². The van der Waals surface area contributed by atoms with Crippen LogP contribution in [0.15, 0.2) is 48.5 Å². The van der Waals surface area contributed by atoms with Crippen LogP contribution in [0.1, 0.15) is 61.5 Å². The van der Waals surface area contributed by atoms with Crippen LogP contribution in [0.25, 0.3) is 0 Å². The number of carbonyl (C=O) groups excluding carboxylic acids is 2. The SMILES string of the molecule is CC(C)(C)C(=O)Oc1ccc2c(c1)CCC(CN1CCC(O)(c3ccccc3)CC1)C2=O. The number of carbonyl (C=O) groups is 2. The lowest BCUT2D eigenvalue weighted by Crippen LogP contribution is -2.45. The molecule has 1 aliphatic carbocycles. The lowest BCUT2D eigenvalue weighted by atomic mass is 9.81. The Morgan fingerprint density at radius 1 is 1.12 bits per heavy atom. The highest BCUT2D eigenvalue weighted by Crippen LogP contribution is 2.34. The van der Waals surface area contributed by atoms with Crippen LogP contribution >= 0.6 is 0 Å². The average molecular weight is 436 g/mol. The van der Waals surface area contributed by atoms with Crippen molar-refractivity contribution >= 4 is 11.8 Å². The van der Waals surface area contributed by atoms with E-state index in [2.05, 4.69) is 4.90 Å². The molecular weight excluding hydrogens is 402 g/mol. The van der Waals surface area contributed by atoms with Gasteiger partial charge in [-0.2, -0.15) is 0 Å². The first-order chi connectivity index (χ1) is 15.2. The molecule has 1 unspecified atom stereocenters. The molecule has 0 amide bonds. The van der Waals surface area contributed by atoms with Crippen molar-refractivity contribution in [2.45, 2.75) is 52.1 Å². The minimum absolute atomic E-state index is 0.0339. The summed E-state index contributed by atoms with van der Waals surface area (Å²) in [7, 11) is 0. The Hall–Kier alpha value is -2.50. The van der Waals surface area contributed by atoms with Gasteiger partial charge in [0.2, 0.25) is 0 Å². The van der Waals surface area contributed by atoms with E-state index in [-0.39, 0.29) is 17.7 Å². The summed E-state index contributed by atoms with van der Waals surface area (Å²) in [6.07, 6.45) is 2.95. The van der Waals surface area contributed by atoms with Crippen molar-refractivity contribution in [3.63, 3.8) is 0 Å². The lowest BCUT2D eigenvalue weighted by Gasteiger charge is -2.40. The summed E-state index contributed by atoms with van der Waals surface area (Å²) in [4.78, 5) is 27.6. The van der Waals surface area contributed by atoms with Gasteiger partial charge >= 0.3 is 5.97 Å². The summed E-state index contributed by atoms with van der Waals surface area (Å²) in [6.45, 7) is 7.76. The Bertz CT molecular complexity index is 984. The maximum Gasteiger partial charge on any atom is 0.316 e. The molecule has 4 rings (SSSR count). The van der Waals surface area contributed by atoms with E-state index in [1.165, 1.54) is 0 Å². The fraction of sp³-hybridized carbons (Fsp3) is 0.481. The Morgan fingerprint density at radius 2 is 1.81 bits per heavy atom. The molecule has 0 spiro atoms. The van der Waals surface area contributed by atoms with Crippen LogP contribution in [0.2, 0.25) is 0 Å². The highest BCUT2D eigenvalue weighted by molar-refractivity contribution is 6.00. The van der Waals surface area contributed by atoms with Crippen molar-refractivity contribution in [2.24, 2.45) is 11.3 Å². The lowest BCUT2D eigenvalue weighted by molar-refractivity contribution is -0.143. The number of piperidine rings is 1. The van der Waals surface area contributed by atoms with Crippen molar-refractivity contribution in [3.05, 3.63) is 65.2 Å². The van der Waals surface area contributed by atoms with Crippen LogP contribution < -0.4 is 4.74 Å². The smallest absolute Gasteiger partial charge is 0.316 e. The zero-order valence-corrected chi connectivity index (χ0v) is 19.3. The molecule has 1 fully saturated rings. The van der Waals surface area contributed by atoms with Gasteiger partial charge in [-0.05, 0) is 75.8 Å². The van der Waals surface area contributed by atoms with E-state index in [0.717, 1.165) is 49.2 Å². The Labute approximate surface area is 190 Å². The van der Waals surface area contributed by atoms with E-state index in [1.54, 1.807) is 12.1 Å². The zero-order valence-electron chi connectivity index (χ0n) is 19.3. The maximum absolute atomic E-state index is 13.1. The van der Waals surface area contributed by atoms with Crippen LogP contribution in [0.4, 0.5) is 0 Å².